The van der Waals surface area contributed by atoms with Gasteiger partial charge in [-0.1, -0.05) is 26.2 Å². The van der Waals surface area contributed by atoms with Gasteiger partial charge in [0, 0.05) is 23.3 Å². The van der Waals surface area contributed by atoms with E-state index in [0.29, 0.717) is 24.3 Å². The fourth-order valence-corrected chi connectivity index (χ4v) is 7.03. The summed E-state index contributed by atoms with van der Waals surface area (Å²) in [4.78, 5) is 47.1. The number of ketones is 2. The first-order valence-electron chi connectivity index (χ1n) is 12.3. The van der Waals surface area contributed by atoms with Crippen LogP contribution in [0.2, 0.25) is 0 Å². The Hall–Kier alpha value is -2.13. The summed E-state index contributed by atoms with van der Waals surface area (Å²) in [6.45, 7) is 2.48. The molecule has 0 radical (unpaired) electrons. The molecule has 1 saturated carbocycles. The monoisotopic (exact) mass is 515 g/mol. The van der Waals surface area contributed by atoms with Crippen molar-refractivity contribution in [1.29, 1.82) is 0 Å². The zero-order chi connectivity index (χ0) is 24.6. The Bertz CT molecular complexity index is 1130. The van der Waals surface area contributed by atoms with Gasteiger partial charge in [-0.2, -0.15) is 0 Å². The summed E-state index contributed by atoms with van der Waals surface area (Å²) in [6.07, 6.45) is 6.49. The standard InChI is InChI=1S/C26H30ClN3O4S/c1-2-17-12-16(8-11-28-17)20-6-7-21(35-20)25(33)29-13-22(32)26(9-4-3-5-10-26)30-14-18(27)24-23(30)19(31)15-34-24/h6-8,11-12,18,23-24H,2-5,9-10,13-15H2,1H3,(H,29,33)/t18-,23+,24+/m0/s1. The molecule has 4 heterocycles. The van der Waals surface area contributed by atoms with E-state index in [1.807, 2.05) is 23.1 Å². The Labute approximate surface area is 214 Å². The second-order valence-electron chi connectivity index (χ2n) is 9.61. The lowest BCUT2D eigenvalue weighted by molar-refractivity contribution is -0.136. The van der Waals surface area contributed by atoms with Crippen LogP contribution in [-0.2, 0) is 20.7 Å². The Morgan fingerprint density at radius 2 is 2.06 bits per heavy atom. The molecule has 5 rings (SSSR count). The molecule has 2 aromatic rings. The second-order valence-corrected chi connectivity index (χ2v) is 11.3. The average Bonchev–Trinajstić information content (AvgIpc) is 3.61. The molecular formula is C26H30ClN3O4S. The van der Waals surface area contributed by atoms with Gasteiger partial charge >= 0.3 is 0 Å². The molecule has 3 atom stereocenters. The van der Waals surface area contributed by atoms with E-state index in [1.54, 1.807) is 12.3 Å². The molecule has 1 aliphatic carbocycles. The van der Waals surface area contributed by atoms with Gasteiger partial charge in [0.25, 0.3) is 5.91 Å². The lowest BCUT2D eigenvalue weighted by Gasteiger charge is -2.45. The van der Waals surface area contributed by atoms with Gasteiger partial charge in [0.05, 0.1) is 28.4 Å². The summed E-state index contributed by atoms with van der Waals surface area (Å²) < 4.78 is 5.65. The molecule has 0 unspecified atom stereocenters. The van der Waals surface area contributed by atoms with E-state index in [1.165, 1.54) is 11.3 Å². The van der Waals surface area contributed by atoms with Gasteiger partial charge in [-0.25, -0.2) is 0 Å². The van der Waals surface area contributed by atoms with Crippen molar-refractivity contribution >= 4 is 40.4 Å². The van der Waals surface area contributed by atoms with Crippen LogP contribution in [0.25, 0.3) is 10.4 Å². The molecule has 3 aliphatic rings. The number of fused-ring (bicyclic) bond motifs is 1. The topological polar surface area (TPSA) is 88.6 Å². The smallest absolute Gasteiger partial charge is 0.261 e. The van der Waals surface area contributed by atoms with E-state index >= 15 is 0 Å². The number of thiophene rings is 1. The van der Waals surface area contributed by atoms with Crippen LogP contribution in [0.1, 0.15) is 54.4 Å². The predicted octanol–water partition coefficient (Wildman–Crippen LogP) is 3.63. The largest absolute Gasteiger partial charge is 0.367 e. The molecule has 1 N–H and O–H groups in total. The minimum absolute atomic E-state index is 0.00612. The lowest BCUT2D eigenvalue weighted by atomic mass is 9.76. The summed E-state index contributed by atoms with van der Waals surface area (Å²) in [5.41, 5.74) is 1.25. The number of ether oxygens (including phenoxy) is 1. The number of Topliss-reactive ketones (excluding diaryl/α,β-unsaturated/α-hetero) is 2. The molecule has 0 bridgehead atoms. The highest BCUT2D eigenvalue weighted by Gasteiger charge is 2.58. The molecule has 2 saturated heterocycles. The number of nitrogens with one attached hydrogen (secondary N) is 1. The van der Waals surface area contributed by atoms with Crippen LogP contribution in [0.3, 0.4) is 0 Å². The number of hydrogen-bond donors (Lipinski definition) is 1. The molecule has 0 spiro atoms. The van der Waals surface area contributed by atoms with Crippen LogP contribution in [0.4, 0.5) is 0 Å². The molecule has 7 nitrogen and oxygen atoms in total. The Balaban J connectivity index is 1.30. The maximum atomic E-state index is 13.7. The second kappa shape index (κ2) is 10.1. The van der Waals surface area contributed by atoms with Crippen molar-refractivity contribution in [3.8, 4) is 10.4 Å². The number of hydrogen-bond acceptors (Lipinski definition) is 7. The van der Waals surface area contributed by atoms with Gasteiger partial charge in [0.2, 0.25) is 0 Å². The number of carbonyl (C=O) groups is 3. The third kappa shape index (κ3) is 4.57. The number of likely N-dealkylation sites (tertiary alicyclic amines) is 1. The van der Waals surface area contributed by atoms with Gasteiger partial charge in [0.1, 0.15) is 12.6 Å². The highest BCUT2D eigenvalue weighted by Crippen LogP contribution is 2.42. The van der Waals surface area contributed by atoms with Crippen molar-refractivity contribution in [2.75, 3.05) is 19.7 Å². The fraction of sp³-hybridized carbons (Fsp3) is 0.538. The van der Waals surface area contributed by atoms with Crippen LogP contribution >= 0.6 is 22.9 Å². The SMILES string of the molecule is CCc1cc(-c2ccc(C(=O)NCC(=O)C3(N4C[C@H](Cl)[C@H]5OCC(=O)[C@H]54)CCCCC3)s2)ccn1. The van der Waals surface area contributed by atoms with Crippen LogP contribution < -0.4 is 5.32 Å². The average molecular weight is 516 g/mol. The molecule has 9 heteroatoms. The van der Waals surface area contributed by atoms with E-state index in [2.05, 4.69) is 17.2 Å². The molecule has 3 fully saturated rings. The van der Waals surface area contributed by atoms with E-state index in [-0.39, 0.29) is 42.1 Å². The Morgan fingerprint density at radius 1 is 1.26 bits per heavy atom. The first-order chi connectivity index (χ1) is 16.9. The van der Waals surface area contributed by atoms with Gasteiger partial charge in [0.15, 0.2) is 11.6 Å². The molecule has 35 heavy (non-hydrogen) atoms. The Kier molecular flexibility index (Phi) is 7.08. The molecule has 0 aromatic carbocycles. The van der Waals surface area contributed by atoms with Crippen molar-refractivity contribution in [3.05, 3.63) is 41.0 Å². The highest BCUT2D eigenvalue weighted by molar-refractivity contribution is 7.17. The van der Waals surface area contributed by atoms with Gasteiger partial charge in [-0.15, -0.1) is 22.9 Å². The maximum absolute atomic E-state index is 13.7. The number of nitrogens with zero attached hydrogens (tertiary/aromatic N) is 2. The summed E-state index contributed by atoms with van der Waals surface area (Å²) in [6, 6.07) is 7.22. The number of amides is 1. The number of halogens is 1. The van der Waals surface area contributed by atoms with Crippen molar-refractivity contribution in [2.45, 2.75) is 68.5 Å². The lowest BCUT2D eigenvalue weighted by Crippen LogP contribution is -2.61. The van der Waals surface area contributed by atoms with Crippen LogP contribution in [0.15, 0.2) is 30.5 Å². The summed E-state index contributed by atoms with van der Waals surface area (Å²) in [7, 11) is 0. The van der Waals surface area contributed by atoms with Gasteiger partial charge < -0.3 is 10.1 Å². The van der Waals surface area contributed by atoms with E-state index in [9.17, 15) is 14.4 Å². The van der Waals surface area contributed by atoms with Crippen LogP contribution in [0.5, 0.6) is 0 Å². The van der Waals surface area contributed by atoms with E-state index in [4.69, 9.17) is 16.3 Å². The van der Waals surface area contributed by atoms with Crippen LogP contribution in [0, 0.1) is 0 Å². The highest BCUT2D eigenvalue weighted by atomic mass is 35.5. The normalized spacial score (nSPS) is 26.0. The third-order valence-corrected chi connectivity index (χ3v) is 9.09. The Morgan fingerprint density at radius 3 is 2.83 bits per heavy atom. The van der Waals surface area contributed by atoms with Crippen molar-refractivity contribution in [3.63, 3.8) is 0 Å². The number of carbonyl (C=O) groups excluding carboxylic acids is 3. The maximum Gasteiger partial charge on any atom is 0.261 e. The summed E-state index contributed by atoms with van der Waals surface area (Å²) in [5.74, 6) is -0.318. The van der Waals surface area contributed by atoms with E-state index < -0.39 is 11.6 Å². The molecule has 1 amide bonds. The van der Waals surface area contributed by atoms with Gasteiger partial charge in [-0.05, 0) is 49.1 Å². The van der Waals surface area contributed by atoms with Crippen LogP contribution in [-0.4, -0.2) is 70.1 Å². The summed E-state index contributed by atoms with van der Waals surface area (Å²) in [5, 5.41) is 2.53. The first-order valence-corrected chi connectivity index (χ1v) is 13.6. The number of aromatic nitrogens is 1. The fourth-order valence-electron chi connectivity index (χ4n) is 5.75. The van der Waals surface area contributed by atoms with Crippen molar-refractivity contribution in [2.24, 2.45) is 0 Å². The number of aryl methyl sites for hydroxylation is 1. The molecule has 2 aliphatic heterocycles. The quantitative estimate of drug-likeness (QED) is 0.566. The summed E-state index contributed by atoms with van der Waals surface area (Å²) >= 11 is 7.93. The third-order valence-electron chi connectivity index (χ3n) is 7.57. The molecular weight excluding hydrogens is 486 g/mol. The van der Waals surface area contributed by atoms with Crippen molar-refractivity contribution in [1.82, 2.24) is 15.2 Å². The van der Waals surface area contributed by atoms with Crippen molar-refractivity contribution < 1.29 is 19.1 Å². The molecule has 186 valence electrons. The minimum atomic E-state index is -0.782. The minimum Gasteiger partial charge on any atom is -0.367 e. The number of alkyl halides is 1. The predicted molar refractivity (Wildman–Crippen MR) is 135 cm³/mol. The molecule has 2 aromatic heterocycles. The zero-order valence-corrected chi connectivity index (χ0v) is 21.4. The van der Waals surface area contributed by atoms with E-state index in [0.717, 1.165) is 41.8 Å². The first kappa shape index (κ1) is 24.6. The van der Waals surface area contributed by atoms with Gasteiger partial charge in [-0.3, -0.25) is 24.3 Å². The number of rotatable bonds is 7. The zero-order valence-electron chi connectivity index (χ0n) is 19.8. The number of pyridine rings is 1.